The van der Waals surface area contributed by atoms with Crippen molar-refractivity contribution in [2.24, 2.45) is 5.92 Å². The third-order valence-electron chi connectivity index (χ3n) is 2.21. The van der Waals surface area contributed by atoms with Gasteiger partial charge in [0.05, 0.1) is 0 Å². The van der Waals surface area contributed by atoms with E-state index in [0.29, 0.717) is 11.6 Å². The van der Waals surface area contributed by atoms with E-state index in [1.807, 2.05) is 0 Å². The molecule has 1 rings (SSSR count). The van der Waals surface area contributed by atoms with Crippen LogP contribution in [-0.2, 0) is 0 Å². The lowest BCUT2D eigenvalue weighted by atomic mass is 10.1. The highest BCUT2D eigenvalue weighted by Gasteiger charge is 2.02. The number of halogens is 2. The van der Waals surface area contributed by atoms with E-state index in [4.69, 9.17) is 0 Å². The Morgan fingerprint density at radius 1 is 1.21 bits per heavy atom. The van der Waals surface area contributed by atoms with Gasteiger partial charge in [-0.15, -0.1) is 0 Å². The number of benzene rings is 1. The van der Waals surface area contributed by atoms with Crippen LogP contribution in [0, 0.1) is 17.6 Å². The van der Waals surface area contributed by atoms with E-state index >= 15 is 0 Å². The van der Waals surface area contributed by atoms with E-state index < -0.39 is 11.6 Å². The van der Waals surface area contributed by atoms with Crippen LogP contribution in [0.3, 0.4) is 0 Å². The quantitative estimate of drug-likeness (QED) is 0.783. The topological polar surface area (TPSA) is 12.0 Å². The van der Waals surface area contributed by atoms with Gasteiger partial charge in [0.15, 0.2) is 0 Å². The van der Waals surface area contributed by atoms with Crippen molar-refractivity contribution in [3.05, 3.63) is 29.8 Å². The molecule has 1 N–H and O–H groups in total. The highest BCUT2D eigenvalue weighted by Crippen LogP contribution is 2.13. The van der Waals surface area contributed by atoms with E-state index in [0.717, 1.165) is 19.0 Å². The van der Waals surface area contributed by atoms with Crippen molar-refractivity contribution in [3.8, 4) is 0 Å². The minimum absolute atomic E-state index is 0.501. The lowest BCUT2D eigenvalue weighted by Gasteiger charge is -2.11. The van der Waals surface area contributed by atoms with Crippen molar-refractivity contribution >= 4 is 5.69 Å². The summed E-state index contributed by atoms with van der Waals surface area (Å²) in [5.41, 5.74) is 0.503. The van der Waals surface area contributed by atoms with Crippen LogP contribution in [0.5, 0.6) is 0 Å². The van der Waals surface area contributed by atoms with Gasteiger partial charge in [-0.1, -0.05) is 20.3 Å². The Kier molecular flexibility index (Phi) is 3.86. The van der Waals surface area contributed by atoms with E-state index in [1.165, 1.54) is 12.1 Å². The highest BCUT2D eigenvalue weighted by molar-refractivity contribution is 5.43. The van der Waals surface area contributed by atoms with Crippen LogP contribution >= 0.6 is 0 Å². The molecule has 14 heavy (non-hydrogen) atoms. The third-order valence-corrected chi connectivity index (χ3v) is 2.21. The molecular formula is C11H15F2N. The predicted molar refractivity (Wildman–Crippen MR) is 54.3 cm³/mol. The summed E-state index contributed by atoms with van der Waals surface area (Å²) in [5, 5.41) is 3.00. The Labute approximate surface area is 83.1 Å². The number of rotatable bonds is 4. The molecule has 0 saturated carbocycles. The van der Waals surface area contributed by atoms with Crippen LogP contribution in [0.15, 0.2) is 18.2 Å². The minimum atomic E-state index is -0.545. The summed E-state index contributed by atoms with van der Waals surface area (Å²) < 4.78 is 25.5. The largest absolute Gasteiger partial charge is 0.385 e. The summed E-state index contributed by atoms with van der Waals surface area (Å²) in [6, 6.07) is 3.46. The van der Waals surface area contributed by atoms with E-state index in [2.05, 4.69) is 19.2 Å². The van der Waals surface area contributed by atoms with Crippen molar-refractivity contribution in [2.75, 3.05) is 11.9 Å². The van der Waals surface area contributed by atoms with Gasteiger partial charge in [0.1, 0.15) is 11.6 Å². The van der Waals surface area contributed by atoms with Crippen molar-refractivity contribution in [3.63, 3.8) is 0 Å². The smallest absolute Gasteiger partial charge is 0.128 e. The fourth-order valence-electron chi connectivity index (χ4n) is 1.09. The van der Waals surface area contributed by atoms with Gasteiger partial charge in [-0.05, 0) is 18.1 Å². The molecule has 0 fully saturated rings. The lowest BCUT2D eigenvalue weighted by Crippen LogP contribution is -2.10. The first kappa shape index (κ1) is 11.0. The summed E-state index contributed by atoms with van der Waals surface area (Å²) in [5.74, 6) is -0.588. The Bertz CT molecular complexity index is 279. The maximum absolute atomic E-state index is 12.8. The van der Waals surface area contributed by atoms with E-state index in [1.54, 1.807) is 0 Å². The summed E-state index contributed by atoms with van der Waals surface area (Å²) in [4.78, 5) is 0. The van der Waals surface area contributed by atoms with Crippen LogP contribution in [0.4, 0.5) is 14.5 Å². The molecule has 0 radical (unpaired) electrons. The molecule has 0 saturated heterocycles. The molecule has 0 aliphatic carbocycles. The maximum Gasteiger partial charge on any atom is 0.128 e. The molecule has 0 aliphatic heterocycles. The molecule has 1 nitrogen and oxygen atoms in total. The third kappa shape index (κ3) is 3.32. The number of hydrogen-bond donors (Lipinski definition) is 1. The van der Waals surface area contributed by atoms with Gasteiger partial charge >= 0.3 is 0 Å². The SMILES string of the molecule is CCC(C)CNc1cc(F)cc(F)c1. The average molecular weight is 199 g/mol. The Morgan fingerprint density at radius 2 is 1.79 bits per heavy atom. The fraction of sp³-hybridized carbons (Fsp3) is 0.455. The molecular weight excluding hydrogens is 184 g/mol. The lowest BCUT2D eigenvalue weighted by molar-refractivity contribution is 0.578. The second-order valence-electron chi connectivity index (χ2n) is 3.55. The predicted octanol–water partition coefficient (Wildman–Crippen LogP) is 3.42. The van der Waals surface area contributed by atoms with Gasteiger partial charge in [-0.2, -0.15) is 0 Å². The number of anilines is 1. The van der Waals surface area contributed by atoms with Crippen LogP contribution in [0.2, 0.25) is 0 Å². The second-order valence-corrected chi connectivity index (χ2v) is 3.55. The molecule has 1 atom stereocenters. The number of hydrogen-bond acceptors (Lipinski definition) is 1. The molecule has 0 heterocycles. The van der Waals surface area contributed by atoms with Crippen LogP contribution in [-0.4, -0.2) is 6.54 Å². The Balaban J connectivity index is 2.58. The fourth-order valence-corrected chi connectivity index (χ4v) is 1.09. The average Bonchev–Trinajstić information content (AvgIpc) is 2.12. The maximum atomic E-state index is 12.8. The van der Waals surface area contributed by atoms with Gasteiger partial charge in [-0.25, -0.2) is 8.78 Å². The molecule has 0 aliphatic rings. The van der Waals surface area contributed by atoms with Gasteiger partial charge in [0.2, 0.25) is 0 Å². The van der Waals surface area contributed by atoms with Crippen molar-refractivity contribution in [1.29, 1.82) is 0 Å². The summed E-state index contributed by atoms with van der Waals surface area (Å²) >= 11 is 0. The molecule has 1 aromatic rings. The Morgan fingerprint density at radius 3 is 2.29 bits per heavy atom. The summed E-state index contributed by atoms with van der Waals surface area (Å²) in [6.45, 7) is 4.90. The Hall–Kier alpha value is -1.12. The minimum Gasteiger partial charge on any atom is -0.385 e. The normalized spacial score (nSPS) is 12.6. The first-order chi connectivity index (χ1) is 6.61. The van der Waals surface area contributed by atoms with Crippen LogP contribution < -0.4 is 5.32 Å². The zero-order valence-corrected chi connectivity index (χ0v) is 8.48. The first-order valence-electron chi connectivity index (χ1n) is 4.81. The van der Waals surface area contributed by atoms with Crippen molar-refractivity contribution in [2.45, 2.75) is 20.3 Å². The zero-order chi connectivity index (χ0) is 10.6. The van der Waals surface area contributed by atoms with E-state index in [9.17, 15) is 8.78 Å². The van der Waals surface area contributed by atoms with Crippen LogP contribution in [0.1, 0.15) is 20.3 Å². The zero-order valence-electron chi connectivity index (χ0n) is 8.48. The van der Waals surface area contributed by atoms with Gasteiger partial charge in [-0.3, -0.25) is 0 Å². The molecule has 0 aromatic heterocycles. The van der Waals surface area contributed by atoms with Crippen LogP contribution in [0.25, 0.3) is 0 Å². The van der Waals surface area contributed by atoms with Gasteiger partial charge in [0, 0.05) is 18.3 Å². The molecule has 1 aromatic carbocycles. The first-order valence-corrected chi connectivity index (χ1v) is 4.81. The van der Waals surface area contributed by atoms with E-state index in [-0.39, 0.29) is 0 Å². The summed E-state index contributed by atoms with van der Waals surface area (Å²) in [7, 11) is 0. The van der Waals surface area contributed by atoms with Crippen molar-refractivity contribution in [1.82, 2.24) is 0 Å². The van der Waals surface area contributed by atoms with Gasteiger partial charge < -0.3 is 5.32 Å². The molecule has 0 amide bonds. The monoisotopic (exact) mass is 199 g/mol. The summed E-state index contributed by atoms with van der Waals surface area (Å²) in [6.07, 6.45) is 1.05. The second kappa shape index (κ2) is 4.94. The molecule has 1 unspecified atom stereocenters. The van der Waals surface area contributed by atoms with Gasteiger partial charge in [0.25, 0.3) is 0 Å². The van der Waals surface area contributed by atoms with Crippen molar-refractivity contribution < 1.29 is 8.78 Å². The standard InChI is InChI=1S/C11H15F2N/c1-3-8(2)7-14-11-5-9(12)4-10(13)6-11/h4-6,8,14H,3,7H2,1-2H3. The number of nitrogens with one attached hydrogen (secondary N) is 1. The molecule has 78 valence electrons. The molecule has 0 spiro atoms. The highest BCUT2D eigenvalue weighted by atomic mass is 19.1. The molecule has 3 heteroatoms. The molecule has 0 bridgehead atoms.